The van der Waals surface area contributed by atoms with Crippen molar-refractivity contribution in [3.63, 3.8) is 0 Å². The predicted molar refractivity (Wildman–Crippen MR) is 170 cm³/mol. The maximum absolute atomic E-state index is 12.6. The highest BCUT2D eigenvalue weighted by molar-refractivity contribution is 5.80. The third kappa shape index (κ3) is 11.9. The minimum Gasteiger partial charge on any atom is -0.487 e. The summed E-state index contributed by atoms with van der Waals surface area (Å²) in [6.07, 6.45) is 13.4. The third-order valence-corrected chi connectivity index (χ3v) is 9.14. The van der Waals surface area contributed by atoms with Crippen LogP contribution < -0.4 is 9.47 Å². The first kappa shape index (κ1) is 36.1. The number of carbonyl (C=O) groups excluding carboxylic acids is 2. The van der Waals surface area contributed by atoms with Crippen molar-refractivity contribution in [2.45, 2.75) is 144 Å². The number of ether oxygens (including phenoxy) is 4. The monoisotopic (exact) mass is 588 g/mol. The summed E-state index contributed by atoms with van der Waals surface area (Å²) in [7, 11) is 1.54. The van der Waals surface area contributed by atoms with E-state index in [-0.39, 0.29) is 25.0 Å². The number of methoxy groups -OCH3 is 1. The molecule has 0 unspecified atom stereocenters. The molecule has 2 rings (SSSR count). The van der Waals surface area contributed by atoms with E-state index in [1.54, 1.807) is 7.11 Å². The van der Waals surface area contributed by atoms with Crippen LogP contribution in [0.2, 0.25) is 0 Å². The Balaban J connectivity index is 1.85. The molecule has 1 aromatic rings. The highest BCUT2D eigenvalue weighted by Gasteiger charge is 2.34. The Morgan fingerprint density at radius 3 is 2.02 bits per heavy atom. The van der Waals surface area contributed by atoms with Gasteiger partial charge in [0.05, 0.1) is 19.4 Å². The van der Waals surface area contributed by atoms with Gasteiger partial charge in [-0.2, -0.15) is 0 Å². The van der Waals surface area contributed by atoms with Crippen LogP contribution in [0.3, 0.4) is 0 Å². The van der Waals surface area contributed by atoms with Gasteiger partial charge in [-0.25, -0.2) is 0 Å². The Morgan fingerprint density at radius 2 is 1.40 bits per heavy atom. The van der Waals surface area contributed by atoms with Crippen LogP contribution in [0.15, 0.2) is 0 Å². The molecule has 0 aliphatic carbocycles. The first-order valence-electron chi connectivity index (χ1n) is 16.5. The highest BCUT2D eigenvalue weighted by Crippen LogP contribution is 2.45. The SMILES string of the molecule is COCCOC(=O)CCC(=O)Oc1c(C)c(C)c2c(c1C)CC[C@@](C)(CCC[C@H](C)CCC[C@H](C)CCCC(C)C)O2. The van der Waals surface area contributed by atoms with Gasteiger partial charge in [0, 0.05) is 12.7 Å². The first-order chi connectivity index (χ1) is 19.9. The molecule has 0 amide bonds. The number of esters is 2. The molecule has 42 heavy (non-hydrogen) atoms. The van der Waals surface area contributed by atoms with Gasteiger partial charge in [-0.3, -0.25) is 9.59 Å². The van der Waals surface area contributed by atoms with E-state index in [2.05, 4.69) is 41.5 Å². The third-order valence-electron chi connectivity index (χ3n) is 9.14. The lowest BCUT2D eigenvalue weighted by atomic mass is 9.83. The molecular formula is C36H60O6. The Kier molecular flexibility index (Phi) is 15.4. The Labute approximate surface area is 256 Å². The largest absolute Gasteiger partial charge is 0.487 e. The molecule has 3 atom stereocenters. The van der Waals surface area contributed by atoms with Crippen LogP contribution in [0.5, 0.6) is 11.5 Å². The van der Waals surface area contributed by atoms with E-state index >= 15 is 0 Å². The molecular weight excluding hydrogens is 528 g/mol. The lowest BCUT2D eigenvalue weighted by Gasteiger charge is -2.38. The van der Waals surface area contributed by atoms with Crippen molar-refractivity contribution in [1.29, 1.82) is 0 Å². The van der Waals surface area contributed by atoms with Gasteiger partial charge in [0.1, 0.15) is 23.7 Å². The lowest BCUT2D eigenvalue weighted by molar-refractivity contribution is -0.147. The van der Waals surface area contributed by atoms with Crippen molar-refractivity contribution in [2.24, 2.45) is 17.8 Å². The van der Waals surface area contributed by atoms with E-state index in [1.165, 1.54) is 51.4 Å². The fourth-order valence-corrected chi connectivity index (χ4v) is 6.09. The van der Waals surface area contributed by atoms with Crippen LogP contribution >= 0.6 is 0 Å². The second-order valence-corrected chi connectivity index (χ2v) is 13.6. The molecule has 0 aromatic heterocycles. The minimum absolute atomic E-state index is 0.0117. The molecule has 1 heterocycles. The molecule has 1 aliphatic heterocycles. The number of hydrogen-bond acceptors (Lipinski definition) is 6. The first-order valence-corrected chi connectivity index (χ1v) is 16.5. The van der Waals surface area contributed by atoms with Gasteiger partial charge in [-0.1, -0.05) is 72.6 Å². The molecule has 240 valence electrons. The topological polar surface area (TPSA) is 71.1 Å². The molecule has 0 saturated carbocycles. The van der Waals surface area contributed by atoms with Crippen LogP contribution in [0.4, 0.5) is 0 Å². The van der Waals surface area contributed by atoms with Gasteiger partial charge in [0.2, 0.25) is 0 Å². The van der Waals surface area contributed by atoms with Crippen molar-refractivity contribution < 1.29 is 28.5 Å². The second-order valence-electron chi connectivity index (χ2n) is 13.6. The lowest BCUT2D eigenvalue weighted by Crippen LogP contribution is -2.37. The molecule has 0 bridgehead atoms. The van der Waals surface area contributed by atoms with Crippen LogP contribution in [-0.2, 0) is 25.5 Å². The maximum Gasteiger partial charge on any atom is 0.311 e. The van der Waals surface area contributed by atoms with Crippen LogP contribution in [0.25, 0.3) is 0 Å². The average molecular weight is 589 g/mol. The molecule has 0 saturated heterocycles. The average Bonchev–Trinajstić information content (AvgIpc) is 2.93. The van der Waals surface area contributed by atoms with E-state index in [9.17, 15) is 9.59 Å². The fraction of sp³-hybridized carbons (Fsp3) is 0.778. The van der Waals surface area contributed by atoms with Crippen LogP contribution in [-0.4, -0.2) is 37.9 Å². The summed E-state index contributed by atoms with van der Waals surface area (Å²) in [5.41, 5.74) is 3.85. The molecule has 6 nitrogen and oxygen atoms in total. The van der Waals surface area contributed by atoms with Gasteiger partial charge in [0.15, 0.2) is 0 Å². The van der Waals surface area contributed by atoms with E-state index in [0.29, 0.717) is 12.4 Å². The van der Waals surface area contributed by atoms with E-state index in [1.807, 2.05) is 13.8 Å². The summed E-state index contributed by atoms with van der Waals surface area (Å²) in [5, 5.41) is 0. The standard InChI is InChI=1S/C36H60O6/c1-25(2)13-10-14-26(3)15-11-16-27(4)17-12-21-36(8)22-20-31-30(7)34(28(5)29(6)35(31)42-36)41-33(38)19-18-32(37)40-24-23-39-9/h25-27H,10-24H2,1-9H3/t26-,27-,36-/m1/s1. The minimum atomic E-state index is -0.430. The van der Waals surface area contributed by atoms with Crippen molar-refractivity contribution >= 4 is 11.9 Å². The van der Waals surface area contributed by atoms with Crippen molar-refractivity contribution in [3.8, 4) is 11.5 Å². The van der Waals surface area contributed by atoms with Crippen LogP contribution in [0, 0.1) is 38.5 Å². The normalized spacial score (nSPS) is 17.9. The van der Waals surface area contributed by atoms with E-state index in [0.717, 1.165) is 65.0 Å². The summed E-state index contributed by atoms with van der Waals surface area (Å²) < 4.78 is 22.4. The highest BCUT2D eigenvalue weighted by atomic mass is 16.6. The fourth-order valence-electron chi connectivity index (χ4n) is 6.09. The van der Waals surface area contributed by atoms with Gasteiger partial charge < -0.3 is 18.9 Å². The van der Waals surface area contributed by atoms with E-state index in [4.69, 9.17) is 18.9 Å². The summed E-state index contributed by atoms with van der Waals surface area (Å²) in [6, 6.07) is 0. The summed E-state index contributed by atoms with van der Waals surface area (Å²) in [5.74, 6) is 3.12. The van der Waals surface area contributed by atoms with Crippen LogP contribution in [0.1, 0.15) is 134 Å². The summed E-state index contributed by atoms with van der Waals surface area (Å²) in [4.78, 5) is 24.4. The smallest absolute Gasteiger partial charge is 0.311 e. The van der Waals surface area contributed by atoms with Crippen molar-refractivity contribution in [2.75, 3.05) is 20.3 Å². The van der Waals surface area contributed by atoms with Crippen molar-refractivity contribution in [1.82, 2.24) is 0 Å². The maximum atomic E-state index is 12.6. The molecule has 0 fully saturated rings. The Bertz CT molecular complexity index is 999. The zero-order valence-electron chi connectivity index (χ0n) is 28.3. The molecule has 0 N–H and O–H groups in total. The summed E-state index contributed by atoms with van der Waals surface area (Å²) >= 11 is 0. The number of fused-ring (bicyclic) bond motifs is 1. The van der Waals surface area contributed by atoms with Gasteiger partial charge in [-0.15, -0.1) is 0 Å². The van der Waals surface area contributed by atoms with E-state index < -0.39 is 11.9 Å². The van der Waals surface area contributed by atoms with Gasteiger partial charge in [0.25, 0.3) is 0 Å². The second kappa shape index (κ2) is 17.9. The van der Waals surface area contributed by atoms with Gasteiger partial charge in [-0.05, 0) is 87.8 Å². The number of rotatable bonds is 19. The van der Waals surface area contributed by atoms with Gasteiger partial charge >= 0.3 is 11.9 Å². The Hall–Kier alpha value is -2.08. The number of hydrogen-bond donors (Lipinski definition) is 0. The van der Waals surface area contributed by atoms with Crippen molar-refractivity contribution in [3.05, 3.63) is 22.3 Å². The molecule has 1 aliphatic rings. The zero-order valence-corrected chi connectivity index (χ0v) is 28.3. The predicted octanol–water partition coefficient (Wildman–Crippen LogP) is 9.01. The molecule has 6 heteroatoms. The Morgan fingerprint density at radius 1 is 0.810 bits per heavy atom. The molecule has 0 radical (unpaired) electrons. The summed E-state index contributed by atoms with van der Waals surface area (Å²) in [6.45, 7) is 18.3. The molecule has 0 spiro atoms. The molecule has 1 aromatic carbocycles. The number of benzene rings is 1. The number of carbonyl (C=O) groups is 2. The zero-order chi connectivity index (χ0) is 31.3. The quantitative estimate of drug-likeness (QED) is 0.0912.